The minimum absolute atomic E-state index is 0.0252. The molecule has 2 unspecified atom stereocenters. The number of nitrogens with two attached hydrogens (primary N) is 1. The second kappa shape index (κ2) is 8.77. The summed E-state index contributed by atoms with van der Waals surface area (Å²) in [5, 5.41) is 2.89. The molecule has 3 rings (SSSR count). The summed E-state index contributed by atoms with van der Waals surface area (Å²) >= 11 is 0. The Balaban J connectivity index is 1.72. The van der Waals surface area contributed by atoms with Crippen LogP contribution in [0.15, 0.2) is 48.8 Å². The van der Waals surface area contributed by atoms with Gasteiger partial charge in [-0.15, -0.1) is 0 Å². The van der Waals surface area contributed by atoms with Gasteiger partial charge in [0.05, 0.1) is 0 Å². The Hall–Kier alpha value is -2.73. The fraction of sp³-hybridized carbons (Fsp3) is 0.381. The number of amides is 2. The Morgan fingerprint density at radius 3 is 2.63 bits per heavy atom. The van der Waals surface area contributed by atoms with E-state index in [0.29, 0.717) is 17.8 Å². The zero-order valence-corrected chi connectivity index (χ0v) is 15.6. The molecule has 2 amide bonds. The molecule has 6 nitrogen and oxygen atoms in total. The normalized spacial score (nSPS) is 19.3. The lowest BCUT2D eigenvalue weighted by atomic mass is 9.89. The third kappa shape index (κ3) is 4.92. The molecule has 1 aliphatic rings. The highest BCUT2D eigenvalue weighted by molar-refractivity contribution is 6.04. The van der Waals surface area contributed by atoms with Crippen molar-refractivity contribution in [2.75, 3.05) is 5.32 Å². The van der Waals surface area contributed by atoms with E-state index >= 15 is 0 Å². The number of nitrogens with zero attached hydrogens (tertiary/aromatic N) is 2. The molecule has 2 atom stereocenters. The smallest absolute Gasteiger partial charge is 0.255 e. The number of anilines is 1. The molecule has 2 aromatic rings. The average molecular weight is 366 g/mol. The largest absolute Gasteiger partial charge is 0.334 e. The molecule has 0 aliphatic heterocycles. The lowest BCUT2D eigenvalue weighted by molar-refractivity contribution is -0.133. The summed E-state index contributed by atoms with van der Waals surface area (Å²) in [6, 6.07) is 11.0. The Bertz CT molecular complexity index is 794. The molecular weight excluding hydrogens is 340 g/mol. The number of nitrogens with one attached hydrogen (secondary N) is 1. The quantitative estimate of drug-likeness (QED) is 0.851. The van der Waals surface area contributed by atoms with Gasteiger partial charge in [-0.25, -0.2) is 0 Å². The van der Waals surface area contributed by atoms with Gasteiger partial charge in [0.25, 0.3) is 5.91 Å². The average Bonchev–Trinajstić information content (AvgIpc) is 2.67. The molecule has 3 N–H and O–H groups in total. The second-order valence-corrected chi connectivity index (χ2v) is 7.05. The number of pyridine rings is 1. The second-order valence-electron chi connectivity index (χ2n) is 7.05. The fourth-order valence-corrected chi connectivity index (χ4v) is 3.64. The molecule has 1 aliphatic carbocycles. The van der Waals surface area contributed by atoms with Crippen LogP contribution in [0, 0.1) is 0 Å². The van der Waals surface area contributed by atoms with Crippen LogP contribution in [0.2, 0.25) is 0 Å². The number of carbonyl (C=O) groups excluding carboxylic acids is 2. The lowest BCUT2D eigenvalue weighted by Crippen LogP contribution is -2.50. The zero-order valence-electron chi connectivity index (χ0n) is 15.6. The van der Waals surface area contributed by atoms with Crippen molar-refractivity contribution in [2.24, 2.45) is 5.73 Å². The molecule has 0 spiro atoms. The SMILES string of the molecule is CC(=O)N(Cc1cccc(NC(=O)c2ccncc2)c1)C1CCCCC1N. The van der Waals surface area contributed by atoms with Crippen molar-refractivity contribution >= 4 is 17.5 Å². The Labute approximate surface area is 159 Å². The minimum Gasteiger partial charge on any atom is -0.334 e. The first-order chi connectivity index (χ1) is 13.0. The van der Waals surface area contributed by atoms with Gasteiger partial charge in [-0.2, -0.15) is 0 Å². The Kier molecular flexibility index (Phi) is 6.19. The van der Waals surface area contributed by atoms with E-state index in [-0.39, 0.29) is 23.9 Å². The summed E-state index contributed by atoms with van der Waals surface area (Å²) in [4.78, 5) is 30.4. The van der Waals surface area contributed by atoms with Crippen LogP contribution in [0.3, 0.4) is 0 Å². The van der Waals surface area contributed by atoms with Gasteiger partial charge < -0.3 is 16.0 Å². The molecule has 0 radical (unpaired) electrons. The van der Waals surface area contributed by atoms with E-state index < -0.39 is 0 Å². The molecule has 1 fully saturated rings. The summed E-state index contributed by atoms with van der Waals surface area (Å²) in [7, 11) is 0. The Morgan fingerprint density at radius 2 is 1.93 bits per heavy atom. The predicted octanol–water partition coefficient (Wildman–Crippen LogP) is 2.95. The number of rotatable bonds is 5. The van der Waals surface area contributed by atoms with Crippen LogP contribution in [-0.2, 0) is 11.3 Å². The predicted molar refractivity (Wildman–Crippen MR) is 105 cm³/mol. The summed E-state index contributed by atoms with van der Waals surface area (Å²) < 4.78 is 0. The maximum atomic E-state index is 12.3. The van der Waals surface area contributed by atoms with Crippen molar-refractivity contribution in [1.82, 2.24) is 9.88 Å². The highest BCUT2D eigenvalue weighted by Gasteiger charge is 2.29. The van der Waals surface area contributed by atoms with E-state index in [2.05, 4.69) is 10.3 Å². The van der Waals surface area contributed by atoms with E-state index in [1.807, 2.05) is 29.2 Å². The maximum absolute atomic E-state index is 12.3. The van der Waals surface area contributed by atoms with Gasteiger partial charge in [0.15, 0.2) is 0 Å². The van der Waals surface area contributed by atoms with Crippen molar-refractivity contribution in [3.63, 3.8) is 0 Å². The standard InChI is InChI=1S/C21H26N4O2/c1-15(26)25(20-8-3-2-7-19(20)22)14-16-5-4-6-18(13-16)24-21(27)17-9-11-23-12-10-17/h4-6,9-13,19-20H,2-3,7-8,14,22H2,1H3,(H,24,27). The highest BCUT2D eigenvalue weighted by atomic mass is 16.2. The van der Waals surface area contributed by atoms with Crippen molar-refractivity contribution in [3.05, 3.63) is 59.9 Å². The minimum atomic E-state index is -0.188. The lowest BCUT2D eigenvalue weighted by Gasteiger charge is -2.38. The first kappa shape index (κ1) is 19.0. The summed E-state index contributed by atoms with van der Waals surface area (Å²) in [6.07, 6.45) is 7.30. The van der Waals surface area contributed by atoms with Crippen LogP contribution in [0.1, 0.15) is 48.5 Å². The van der Waals surface area contributed by atoms with E-state index in [0.717, 1.165) is 31.2 Å². The molecular formula is C21H26N4O2. The summed E-state index contributed by atoms with van der Waals surface area (Å²) in [5.74, 6) is -0.157. The maximum Gasteiger partial charge on any atom is 0.255 e. The van der Waals surface area contributed by atoms with Crippen LogP contribution in [0.4, 0.5) is 5.69 Å². The van der Waals surface area contributed by atoms with Crippen molar-refractivity contribution in [1.29, 1.82) is 0 Å². The fourth-order valence-electron chi connectivity index (χ4n) is 3.64. The van der Waals surface area contributed by atoms with Crippen molar-refractivity contribution in [3.8, 4) is 0 Å². The molecule has 27 heavy (non-hydrogen) atoms. The van der Waals surface area contributed by atoms with Gasteiger partial charge in [-0.3, -0.25) is 14.6 Å². The molecule has 142 valence electrons. The number of carbonyl (C=O) groups is 2. The molecule has 1 saturated carbocycles. The molecule has 1 aromatic carbocycles. The van der Waals surface area contributed by atoms with Crippen molar-refractivity contribution in [2.45, 2.75) is 51.2 Å². The molecule has 1 heterocycles. The van der Waals surface area contributed by atoms with Gasteiger partial charge in [-0.05, 0) is 42.7 Å². The van der Waals surface area contributed by atoms with Crippen LogP contribution in [-0.4, -0.2) is 33.8 Å². The number of benzene rings is 1. The molecule has 6 heteroatoms. The van der Waals surface area contributed by atoms with Crippen molar-refractivity contribution < 1.29 is 9.59 Å². The van der Waals surface area contributed by atoms with Gasteiger partial charge in [0, 0.05) is 49.2 Å². The third-order valence-corrected chi connectivity index (χ3v) is 5.07. The van der Waals surface area contributed by atoms with E-state index in [1.165, 1.54) is 0 Å². The van der Waals surface area contributed by atoms with Gasteiger partial charge >= 0.3 is 0 Å². The van der Waals surface area contributed by atoms with Crippen LogP contribution in [0.5, 0.6) is 0 Å². The Morgan fingerprint density at radius 1 is 1.19 bits per heavy atom. The summed E-state index contributed by atoms with van der Waals surface area (Å²) in [6.45, 7) is 2.09. The third-order valence-electron chi connectivity index (χ3n) is 5.07. The molecule has 1 aromatic heterocycles. The number of aromatic nitrogens is 1. The van der Waals surface area contributed by atoms with Crippen LogP contribution in [0.25, 0.3) is 0 Å². The van der Waals surface area contributed by atoms with E-state index in [9.17, 15) is 9.59 Å². The van der Waals surface area contributed by atoms with Gasteiger partial charge in [0.2, 0.25) is 5.91 Å². The topological polar surface area (TPSA) is 88.3 Å². The number of hydrogen-bond donors (Lipinski definition) is 2. The van der Waals surface area contributed by atoms with Gasteiger partial charge in [-0.1, -0.05) is 25.0 Å². The number of hydrogen-bond acceptors (Lipinski definition) is 4. The summed E-state index contributed by atoms with van der Waals surface area (Å²) in [5.41, 5.74) is 8.49. The van der Waals surface area contributed by atoms with Crippen LogP contribution < -0.4 is 11.1 Å². The highest BCUT2D eigenvalue weighted by Crippen LogP contribution is 2.24. The van der Waals surface area contributed by atoms with Crippen LogP contribution >= 0.6 is 0 Å². The first-order valence-corrected chi connectivity index (χ1v) is 9.37. The monoisotopic (exact) mass is 366 g/mol. The molecule has 0 saturated heterocycles. The van der Waals surface area contributed by atoms with E-state index in [1.54, 1.807) is 31.5 Å². The van der Waals surface area contributed by atoms with E-state index in [4.69, 9.17) is 5.73 Å². The molecule has 0 bridgehead atoms. The first-order valence-electron chi connectivity index (χ1n) is 9.37. The van der Waals surface area contributed by atoms with Gasteiger partial charge in [0.1, 0.15) is 0 Å². The zero-order chi connectivity index (χ0) is 19.2.